The molecule has 0 spiro atoms. The van der Waals surface area contributed by atoms with E-state index in [0.717, 1.165) is 5.56 Å². The number of nitrogens with one attached hydrogen (secondary N) is 1. The summed E-state index contributed by atoms with van der Waals surface area (Å²) in [6.45, 7) is 2.21. The third-order valence-corrected chi connectivity index (χ3v) is 2.26. The van der Waals surface area contributed by atoms with Gasteiger partial charge in [-0.15, -0.1) is 0 Å². The minimum atomic E-state index is -0.957. The highest BCUT2D eigenvalue weighted by molar-refractivity contribution is 6.31. The summed E-state index contributed by atoms with van der Waals surface area (Å²) < 4.78 is 12.9. The van der Waals surface area contributed by atoms with Gasteiger partial charge in [-0.25, -0.2) is 4.39 Å². The monoisotopic (exact) mass is 201 g/mol. The predicted octanol–water partition coefficient (Wildman–Crippen LogP) is 3.09. The topological polar surface area (TPSA) is 12.0 Å². The molecule has 0 fully saturated rings. The molecule has 1 aromatic carbocycles. The average Bonchev–Trinajstić information content (AvgIpc) is 2.08. The molecule has 1 rings (SSSR count). The Hall–Kier alpha value is -0.600. The molecule has 0 amide bonds. The van der Waals surface area contributed by atoms with Gasteiger partial charge < -0.3 is 5.32 Å². The molecule has 1 N–H and O–H groups in total. The summed E-state index contributed by atoms with van der Waals surface area (Å²) in [5, 5.41) is 3.62. The van der Waals surface area contributed by atoms with Crippen molar-refractivity contribution < 1.29 is 4.39 Å². The summed E-state index contributed by atoms with van der Waals surface area (Å²) >= 11 is 5.95. The number of hydrogen-bond donors (Lipinski definition) is 1. The van der Waals surface area contributed by atoms with E-state index in [1.165, 1.54) is 6.92 Å². The fourth-order valence-corrected chi connectivity index (χ4v) is 1.40. The van der Waals surface area contributed by atoms with Crippen LogP contribution in [0.5, 0.6) is 0 Å². The standard InChI is InChI=1S/C10H13ClFN/c1-7(12)8-3-4-9(6-13-2)10(11)5-8/h3-5,7,13H,6H2,1-2H3. The summed E-state index contributed by atoms with van der Waals surface area (Å²) in [5.74, 6) is 0. The van der Waals surface area contributed by atoms with Gasteiger partial charge >= 0.3 is 0 Å². The number of hydrogen-bond acceptors (Lipinski definition) is 1. The smallest absolute Gasteiger partial charge is 0.122 e. The van der Waals surface area contributed by atoms with Crippen LogP contribution in [0.1, 0.15) is 24.2 Å². The molecular formula is C10H13ClFN. The van der Waals surface area contributed by atoms with E-state index in [-0.39, 0.29) is 0 Å². The maximum absolute atomic E-state index is 12.9. The van der Waals surface area contributed by atoms with Crippen LogP contribution in [0.25, 0.3) is 0 Å². The maximum atomic E-state index is 12.9. The van der Waals surface area contributed by atoms with E-state index in [1.54, 1.807) is 12.1 Å². The number of benzene rings is 1. The van der Waals surface area contributed by atoms with Gasteiger partial charge in [0.2, 0.25) is 0 Å². The third kappa shape index (κ3) is 2.68. The summed E-state index contributed by atoms with van der Waals surface area (Å²) in [4.78, 5) is 0. The zero-order valence-electron chi connectivity index (χ0n) is 7.77. The molecule has 1 atom stereocenters. The first-order valence-corrected chi connectivity index (χ1v) is 4.60. The predicted molar refractivity (Wildman–Crippen MR) is 53.7 cm³/mol. The summed E-state index contributed by atoms with van der Waals surface area (Å²) in [6.07, 6.45) is -0.957. The van der Waals surface area contributed by atoms with Crippen LogP contribution in [0.4, 0.5) is 4.39 Å². The Bertz CT molecular complexity index is 286. The van der Waals surface area contributed by atoms with Crippen molar-refractivity contribution in [2.45, 2.75) is 19.6 Å². The van der Waals surface area contributed by atoms with Gasteiger partial charge in [0.1, 0.15) is 6.17 Å². The fourth-order valence-electron chi connectivity index (χ4n) is 1.14. The van der Waals surface area contributed by atoms with Crippen LogP contribution in [0.15, 0.2) is 18.2 Å². The molecule has 0 aliphatic carbocycles. The molecule has 3 heteroatoms. The molecular weight excluding hydrogens is 189 g/mol. The lowest BCUT2D eigenvalue weighted by Crippen LogP contribution is -2.05. The molecule has 0 saturated carbocycles. The van der Waals surface area contributed by atoms with Crippen LogP contribution in [0.3, 0.4) is 0 Å². The molecule has 0 aliphatic heterocycles. The number of alkyl halides is 1. The Morgan fingerprint density at radius 1 is 1.54 bits per heavy atom. The van der Waals surface area contributed by atoms with Gasteiger partial charge in [-0.1, -0.05) is 23.7 Å². The zero-order chi connectivity index (χ0) is 9.84. The zero-order valence-corrected chi connectivity index (χ0v) is 8.53. The summed E-state index contributed by atoms with van der Waals surface area (Å²) in [7, 11) is 1.85. The minimum Gasteiger partial charge on any atom is -0.316 e. The van der Waals surface area contributed by atoms with Crippen LogP contribution in [-0.4, -0.2) is 7.05 Å². The van der Waals surface area contributed by atoms with E-state index in [9.17, 15) is 4.39 Å². The molecule has 1 nitrogen and oxygen atoms in total. The first-order chi connectivity index (χ1) is 6.15. The average molecular weight is 202 g/mol. The second-order valence-corrected chi connectivity index (χ2v) is 3.40. The maximum Gasteiger partial charge on any atom is 0.122 e. The Labute approximate surface area is 82.9 Å². The number of rotatable bonds is 3. The number of halogens is 2. The van der Waals surface area contributed by atoms with Gasteiger partial charge in [-0.2, -0.15) is 0 Å². The molecule has 72 valence electrons. The second-order valence-electron chi connectivity index (χ2n) is 3.00. The SMILES string of the molecule is CNCc1ccc(C(C)F)cc1Cl. The van der Waals surface area contributed by atoms with E-state index in [0.29, 0.717) is 17.1 Å². The fraction of sp³-hybridized carbons (Fsp3) is 0.400. The van der Waals surface area contributed by atoms with Gasteiger partial charge in [0, 0.05) is 11.6 Å². The molecule has 0 saturated heterocycles. The van der Waals surface area contributed by atoms with Crippen molar-refractivity contribution in [3.8, 4) is 0 Å². The molecule has 0 aliphatic rings. The highest BCUT2D eigenvalue weighted by Gasteiger charge is 2.05. The van der Waals surface area contributed by atoms with Crippen molar-refractivity contribution in [3.63, 3.8) is 0 Å². The third-order valence-electron chi connectivity index (χ3n) is 1.90. The van der Waals surface area contributed by atoms with Crippen LogP contribution in [0.2, 0.25) is 5.02 Å². The Morgan fingerprint density at radius 3 is 2.69 bits per heavy atom. The molecule has 1 aromatic rings. The lowest BCUT2D eigenvalue weighted by Gasteiger charge is -2.07. The molecule has 1 unspecified atom stereocenters. The van der Waals surface area contributed by atoms with E-state index >= 15 is 0 Å². The summed E-state index contributed by atoms with van der Waals surface area (Å²) in [6, 6.07) is 5.30. The molecule has 13 heavy (non-hydrogen) atoms. The van der Waals surface area contributed by atoms with Gasteiger partial charge in [0.25, 0.3) is 0 Å². The molecule has 0 radical (unpaired) electrons. The van der Waals surface area contributed by atoms with Crippen molar-refractivity contribution >= 4 is 11.6 Å². The van der Waals surface area contributed by atoms with Crippen molar-refractivity contribution in [1.29, 1.82) is 0 Å². The van der Waals surface area contributed by atoms with Crippen LogP contribution < -0.4 is 5.32 Å². The van der Waals surface area contributed by atoms with E-state index in [2.05, 4.69) is 5.32 Å². The largest absolute Gasteiger partial charge is 0.316 e. The normalized spacial score (nSPS) is 12.9. The van der Waals surface area contributed by atoms with Crippen molar-refractivity contribution in [2.75, 3.05) is 7.05 Å². The molecule has 0 bridgehead atoms. The van der Waals surface area contributed by atoms with Crippen molar-refractivity contribution in [2.24, 2.45) is 0 Å². The summed E-state index contributed by atoms with van der Waals surface area (Å²) in [5.41, 5.74) is 1.62. The second kappa shape index (κ2) is 4.58. The lowest BCUT2D eigenvalue weighted by molar-refractivity contribution is 0.374. The minimum absolute atomic E-state index is 0.622. The highest BCUT2D eigenvalue weighted by Crippen LogP contribution is 2.23. The quantitative estimate of drug-likeness (QED) is 0.793. The van der Waals surface area contributed by atoms with Crippen LogP contribution in [-0.2, 0) is 6.54 Å². The Morgan fingerprint density at radius 2 is 2.23 bits per heavy atom. The van der Waals surface area contributed by atoms with Gasteiger partial charge in [0.05, 0.1) is 0 Å². The van der Waals surface area contributed by atoms with E-state index in [4.69, 9.17) is 11.6 Å². The van der Waals surface area contributed by atoms with Gasteiger partial charge in [-0.05, 0) is 31.2 Å². The van der Waals surface area contributed by atoms with Crippen molar-refractivity contribution in [3.05, 3.63) is 34.3 Å². The lowest BCUT2D eigenvalue weighted by atomic mass is 10.1. The first kappa shape index (κ1) is 10.5. The van der Waals surface area contributed by atoms with E-state index < -0.39 is 6.17 Å². The Kier molecular flexibility index (Phi) is 3.70. The van der Waals surface area contributed by atoms with E-state index in [1.807, 2.05) is 13.1 Å². The van der Waals surface area contributed by atoms with Crippen molar-refractivity contribution in [1.82, 2.24) is 5.32 Å². The van der Waals surface area contributed by atoms with Gasteiger partial charge in [0.15, 0.2) is 0 Å². The van der Waals surface area contributed by atoms with Crippen LogP contribution in [0, 0.1) is 0 Å². The molecule has 0 heterocycles. The van der Waals surface area contributed by atoms with Gasteiger partial charge in [-0.3, -0.25) is 0 Å². The Balaban J connectivity index is 2.92. The highest BCUT2D eigenvalue weighted by atomic mass is 35.5. The van der Waals surface area contributed by atoms with Crippen LogP contribution >= 0.6 is 11.6 Å². The molecule has 0 aromatic heterocycles. The first-order valence-electron chi connectivity index (χ1n) is 4.22.